The average molecular weight is 322 g/mol. The van der Waals surface area contributed by atoms with Crippen LogP contribution in [0.2, 0.25) is 0 Å². The van der Waals surface area contributed by atoms with Crippen LogP contribution in [0.4, 0.5) is 4.79 Å². The molecule has 7 heteroatoms. The Morgan fingerprint density at radius 2 is 1.71 bits per heavy atom. The highest BCUT2D eigenvalue weighted by atomic mass is 16.2. The quantitative estimate of drug-likeness (QED) is 0.752. The van der Waals surface area contributed by atoms with Crippen LogP contribution < -0.4 is 10.6 Å². The number of hydrogen-bond donors (Lipinski definition) is 2. The first-order valence-corrected chi connectivity index (χ1v) is 7.62. The van der Waals surface area contributed by atoms with Crippen LogP contribution in [0, 0.1) is 6.92 Å². The van der Waals surface area contributed by atoms with Crippen molar-refractivity contribution in [1.82, 2.24) is 30.8 Å². The third-order valence-electron chi connectivity index (χ3n) is 3.52. The van der Waals surface area contributed by atoms with Crippen molar-refractivity contribution in [3.63, 3.8) is 0 Å². The molecular formula is C17H18N6O. The molecule has 0 aliphatic carbocycles. The van der Waals surface area contributed by atoms with E-state index in [9.17, 15) is 4.79 Å². The van der Waals surface area contributed by atoms with Gasteiger partial charge in [0.2, 0.25) is 0 Å². The summed E-state index contributed by atoms with van der Waals surface area (Å²) in [4.78, 5) is 11.9. The lowest BCUT2D eigenvalue weighted by Gasteiger charge is -2.08. The second kappa shape index (κ2) is 7.36. The fourth-order valence-electron chi connectivity index (χ4n) is 2.20. The minimum Gasteiger partial charge on any atom is -0.334 e. The van der Waals surface area contributed by atoms with Crippen LogP contribution in [-0.4, -0.2) is 26.2 Å². The third-order valence-corrected chi connectivity index (χ3v) is 3.52. The molecule has 0 bridgehead atoms. The maximum Gasteiger partial charge on any atom is 0.315 e. The van der Waals surface area contributed by atoms with Gasteiger partial charge in [0, 0.05) is 6.54 Å². The van der Waals surface area contributed by atoms with Crippen LogP contribution in [0.3, 0.4) is 0 Å². The summed E-state index contributed by atoms with van der Waals surface area (Å²) in [7, 11) is 0. The molecule has 0 spiro atoms. The fourth-order valence-corrected chi connectivity index (χ4v) is 2.20. The van der Waals surface area contributed by atoms with E-state index in [0.29, 0.717) is 12.4 Å². The Kier molecular flexibility index (Phi) is 4.81. The van der Waals surface area contributed by atoms with Crippen molar-refractivity contribution < 1.29 is 4.79 Å². The lowest BCUT2D eigenvalue weighted by molar-refractivity contribution is 0.240. The van der Waals surface area contributed by atoms with Gasteiger partial charge in [0.05, 0.1) is 12.2 Å². The zero-order valence-corrected chi connectivity index (χ0v) is 13.3. The van der Waals surface area contributed by atoms with Crippen LogP contribution in [0.15, 0.2) is 54.6 Å². The van der Waals surface area contributed by atoms with Crippen molar-refractivity contribution in [2.75, 3.05) is 0 Å². The van der Waals surface area contributed by atoms with E-state index >= 15 is 0 Å². The maximum atomic E-state index is 11.9. The van der Waals surface area contributed by atoms with Crippen molar-refractivity contribution in [3.8, 4) is 5.69 Å². The normalized spacial score (nSPS) is 10.4. The lowest BCUT2D eigenvalue weighted by atomic mass is 10.2. The molecule has 0 fully saturated rings. The molecule has 0 aliphatic heterocycles. The summed E-state index contributed by atoms with van der Waals surface area (Å²) in [5, 5.41) is 17.2. The number of carbonyl (C=O) groups is 1. The van der Waals surface area contributed by atoms with Gasteiger partial charge < -0.3 is 10.6 Å². The SMILES string of the molecule is Cc1ccc(-n2nnnc2CNC(=O)NCc2ccccc2)cc1. The number of amides is 2. The topological polar surface area (TPSA) is 84.7 Å². The van der Waals surface area contributed by atoms with Crippen molar-refractivity contribution in [1.29, 1.82) is 0 Å². The predicted molar refractivity (Wildman–Crippen MR) is 89.4 cm³/mol. The Labute approximate surface area is 139 Å². The molecule has 3 rings (SSSR count). The van der Waals surface area contributed by atoms with Crippen LogP contribution >= 0.6 is 0 Å². The number of tetrazole rings is 1. The summed E-state index contributed by atoms with van der Waals surface area (Å²) in [6, 6.07) is 17.3. The van der Waals surface area contributed by atoms with E-state index in [4.69, 9.17) is 0 Å². The number of urea groups is 1. The third kappa shape index (κ3) is 3.95. The monoisotopic (exact) mass is 322 g/mol. The van der Waals surface area contributed by atoms with E-state index in [0.717, 1.165) is 16.8 Å². The smallest absolute Gasteiger partial charge is 0.315 e. The van der Waals surface area contributed by atoms with Crippen LogP contribution in [0.1, 0.15) is 17.0 Å². The van der Waals surface area contributed by atoms with Gasteiger partial charge >= 0.3 is 6.03 Å². The standard InChI is InChI=1S/C17H18N6O/c1-13-7-9-15(10-8-13)23-16(20-21-22-23)12-19-17(24)18-11-14-5-3-2-4-6-14/h2-10H,11-12H2,1H3,(H2,18,19,24). The fraction of sp³-hybridized carbons (Fsp3) is 0.176. The van der Waals surface area contributed by atoms with E-state index in [-0.39, 0.29) is 12.6 Å². The Bertz CT molecular complexity index is 797. The summed E-state index contributed by atoms with van der Waals surface area (Å²) in [5.74, 6) is 0.564. The summed E-state index contributed by atoms with van der Waals surface area (Å²) >= 11 is 0. The number of hydrogen-bond acceptors (Lipinski definition) is 4. The minimum absolute atomic E-state index is 0.238. The second-order valence-electron chi connectivity index (χ2n) is 5.36. The highest BCUT2D eigenvalue weighted by Crippen LogP contribution is 2.09. The average Bonchev–Trinajstić information content (AvgIpc) is 3.08. The van der Waals surface area contributed by atoms with Gasteiger partial charge in [0.1, 0.15) is 0 Å². The minimum atomic E-state index is -0.266. The number of rotatable bonds is 5. The Balaban J connectivity index is 1.56. The molecule has 0 aliphatic rings. The lowest BCUT2D eigenvalue weighted by Crippen LogP contribution is -2.35. The largest absolute Gasteiger partial charge is 0.334 e. The maximum absolute atomic E-state index is 11.9. The molecule has 2 amide bonds. The van der Waals surface area contributed by atoms with Crippen LogP contribution in [-0.2, 0) is 13.1 Å². The molecule has 24 heavy (non-hydrogen) atoms. The van der Waals surface area contributed by atoms with Crippen LogP contribution in [0.25, 0.3) is 5.69 Å². The van der Waals surface area contributed by atoms with Crippen molar-refractivity contribution in [2.24, 2.45) is 0 Å². The number of aromatic nitrogens is 4. The number of carbonyl (C=O) groups excluding carboxylic acids is 1. The van der Waals surface area contributed by atoms with Gasteiger partial charge in [-0.25, -0.2) is 4.79 Å². The molecule has 1 aromatic heterocycles. The molecular weight excluding hydrogens is 304 g/mol. The molecule has 122 valence electrons. The summed E-state index contributed by atoms with van der Waals surface area (Å²) in [6.45, 7) is 2.72. The number of benzene rings is 2. The Hall–Kier alpha value is -3.22. The van der Waals surface area contributed by atoms with Gasteiger partial charge in [0.25, 0.3) is 0 Å². The van der Waals surface area contributed by atoms with Gasteiger partial charge in [0.15, 0.2) is 5.82 Å². The summed E-state index contributed by atoms with van der Waals surface area (Å²) < 4.78 is 1.61. The first kappa shape index (κ1) is 15.7. The molecule has 0 saturated heterocycles. The van der Waals surface area contributed by atoms with Crippen molar-refractivity contribution in [2.45, 2.75) is 20.0 Å². The zero-order valence-electron chi connectivity index (χ0n) is 13.3. The molecule has 0 atom stereocenters. The molecule has 0 unspecified atom stereocenters. The first-order valence-electron chi connectivity index (χ1n) is 7.62. The van der Waals surface area contributed by atoms with E-state index in [2.05, 4.69) is 26.2 Å². The van der Waals surface area contributed by atoms with Crippen molar-refractivity contribution >= 4 is 6.03 Å². The van der Waals surface area contributed by atoms with Crippen LogP contribution in [0.5, 0.6) is 0 Å². The van der Waals surface area contributed by atoms with Gasteiger partial charge in [-0.1, -0.05) is 48.0 Å². The zero-order chi connectivity index (χ0) is 16.8. The Morgan fingerprint density at radius 1 is 1.00 bits per heavy atom. The van der Waals surface area contributed by atoms with E-state index in [1.807, 2.05) is 61.5 Å². The Morgan fingerprint density at radius 3 is 2.46 bits per heavy atom. The molecule has 1 heterocycles. The summed E-state index contributed by atoms with van der Waals surface area (Å²) in [6.07, 6.45) is 0. The second-order valence-corrected chi connectivity index (χ2v) is 5.36. The number of nitrogens with one attached hydrogen (secondary N) is 2. The molecule has 2 aromatic carbocycles. The van der Waals surface area contributed by atoms with Gasteiger partial charge in [-0.05, 0) is 35.0 Å². The first-order chi connectivity index (χ1) is 11.7. The molecule has 7 nitrogen and oxygen atoms in total. The van der Waals surface area contributed by atoms with E-state index in [1.165, 1.54) is 0 Å². The molecule has 3 aromatic rings. The van der Waals surface area contributed by atoms with Crippen molar-refractivity contribution in [3.05, 3.63) is 71.5 Å². The highest BCUT2D eigenvalue weighted by molar-refractivity contribution is 5.73. The molecule has 0 radical (unpaired) electrons. The van der Waals surface area contributed by atoms with E-state index < -0.39 is 0 Å². The highest BCUT2D eigenvalue weighted by Gasteiger charge is 2.09. The molecule has 2 N–H and O–H groups in total. The number of nitrogens with zero attached hydrogens (tertiary/aromatic N) is 4. The van der Waals surface area contributed by atoms with Gasteiger partial charge in [-0.15, -0.1) is 5.10 Å². The van der Waals surface area contributed by atoms with Gasteiger partial charge in [-0.2, -0.15) is 4.68 Å². The van der Waals surface area contributed by atoms with E-state index in [1.54, 1.807) is 4.68 Å². The predicted octanol–water partition coefficient (Wildman–Crippen LogP) is 1.97. The molecule has 0 saturated carbocycles. The van der Waals surface area contributed by atoms with Gasteiger partial charge in [-0.3, -0.25) is 0 Å². The summed E-state index contributed by atoms with van der Waals surface area (Å²) in [5.41, 5.74) is 3.05. The number of aryl methyl sites for hydroxylation is 1.